The number of aromatic nitrogens is 2. The maximum absolute atomic E-state index is 12.8. The number of hydrogen-bond acceptors (Lipinski definition) is 2. The molecule has 3 rings (SSSR count). The molecule has 1 heterocycles. The third-order valence-corrected chi connectivity index (χ3v) is 4.54. The van der Waals surface area contributed by atoms with Crippen molar-refractivity contribution in [2.45, 2.75) is 39.3 Å². The molecule has 0 aliphatic carbocycles. The van der Waals surface area contributed by atoms with Gasteiger partial charge in [0.05, 0.1) is 17.4 Å². The van der Waals surface area contributed by atoms with Crippen molar-refractivity contribution in [3.8, 4) is 0 Å². The van der Waals surface area contributed by atoms with Crippen LogP contribution in [0.3, 0.4) is 0 Å². The second-order valence-electron chi connectivity index (χ2n) is 6.49. The minimum absolute atomic E-state index is 0.0748. The summed E-state index contributed by atoms with van der Waals surface area (Å²) in [5.41, 5.74) is 2.20. The molecule has 2 aromatic carbocycles. The summed E-state index contributed by atoms with van der Waals surface area (Å²) in [4.78, 5) is 17.7. The standard InChI is InChI=1S/C21H25N3O/c1-3-15-24-20(23-19-12-8-7-11-18(19)21(24)25)16(2)22-14-13-17-9-5-4-6-10-17/h4-12,16,22H,3,13-15H2,1-2H3/p+1/t16-/m1/s1. The summed E-state index contributed by atoms with van der Waals surface area (Å²) >= 11 is 0. The largest absolute Gasteiger partial charge is 0.337 e. The minimum atomic E-state index is 0.0748. The Morgan fingerprint density at radius 2 is 1.80 bits per heavy atom. The van der Waals surface area contributed by atoms with E-state index in [1.54, 1.807) is 0 Å². The smallest absolute Gasteiger partial charge is 0.261 e. The van der Waals surface area contributed by atoms with Gasteiger partial charge < -0.3 is 5.32 Å². The van der Waals surface area contributed by atoms with Gasteiger partial charge in [0.25, 0.3) is 5.56 Å². The summed E-state index contributed by atoms with van der Waals surface area (Å²) in [5, 5.41) is 2.98. The zero-order chi connectivity index (χ0) is 17.6. The zero-order valence-electron chi connectivity index (χ0n) is 15.0. The Kier molecular flexibility index (Phi) is 5.61. The first-order valence-corrected chi connectivity index (χ1v) is 9.07. The Morgan fingerprint density at radius 1 is 1.08 bits per heavy atom. The zero-order valence-corrected chi connectivity index (χ0v) is 15.0. The van der Waals surface area contributed by atoms with Gasteiger partial charge in [-0.15, -0.1) is 0 Å². The highest BCUT2D eigenvalue weighted by atomic mass is 16.1. The molecule has 0 aliphatic rings. The van der Waals surface area contributed by atoms with Gasteiger partial charge in [0, 0.05) is 13.0 Å². The Hall–Kier alpha value is -2.46. The Balaban J connectivity index is 1.83. The van der Waals surface area contributed by atoms with Crippen LogP contribution in [0.4, 0.5) is 0 Å². The van der Waals surface area contributed by atoms with E-state index in [2.05, 4.69) is 43.4 Å². The predicted octanol–water partition coefficient (Wildman–Crippen LogP) is 2.67. The molecule has 130 valence electrons. The van der Waals surface area contributed by atoms with E-state index in [4.69, 9.17) is 4.98 Å². The third kappa shape index (κ3) is 3.97. The molecule has 0 fully saturated rings. The molecule has 0 radical (unpaired) electrons. The van der Waals surface area contributed by atoms with E-state index < -0.39 is 0 Å². The highest BCUT2D eigenvalue weighted by molar-refractivity contribution is 5.77. The van der Waals surface area contributed by atoms with Crippen molar-refractivity contribution in [1.82, 2.24) is 9.55 Å². The summed E-state index contributed by atoms with van der Waals surface area (Å²) in [5.74, 6) is 0.874. The fourth-order valence-corrected chi connectivity index (χ4v) is 3.22. The van der Waals surface area contributed by atoms with Crippen molar-refractivity contribution in [1.29, 1.82) is 0 Å². The van der Waals surface area contributed by atoms with E-state index in [1.165, 1.54) is 5.56 Å². The molecular formula is C21H26N3O+. The molecule has 2 N–H and O–H groups in total. The highest BCUT2D eigenvalue weighted by Crippen LogP contribution is 2.12. The van der Waals surface area contributed by atoms with Gasteiger partial charge in [-0.25, -0.2) is 4.98 Å². The maximum atomic E-state index is 12.8. The number of fused-ring (bicyclic) bond motifs is 1. The van der Waals surface area contributed by atoms with Crippen LogP contribution >= 0.6 is 0 Å². The van der Waals surface area contributed by atoms with Gasteiger partial charge in [-0.3, -0.25) is 9.36 Å². The van der Waals surface area contributed by atoms with Crippen molar-refractivity contribution in [2.24, 2.45) is 0 Å². The number of rotatable bonds is 7. The lowest BCUT2D eigenvalue weighted by molar-refractivity contribution is -0.693. The molecule has 4 nitrogen and oxygen atoms in total. The number of para-hydroxylation sites is 1. The highest BCUT2D eigenvalue weighted by Gasteiger charge is 2.18. The van der Waals surface area contributed by atoms with Crippen molar-refractivity contribution in [3.63, 3.8) is 0 Å². The topological polar surface area (TPSA) is 51.5 Å². The van der Waals surface area contributed by atoms with Crippen molar-refractivity contribution < 1.29 is 5.32 Å². The number of quaternary nitrogens is 1. The fourth-order valence-electron chi connectivity index (χ4n) is 3.22. The van der Waals surface area contributed by atoms with E-state index in [-0.39, 0.29) is 11.6 Å². The summed E-state index contributed by atoms with van der Waals surface area (Å²) in [6, 6.07) is 18.3. The van der Waals surface area contributed by atoms with E-state index >= 15 is 0 Å². The van der Waals surface area contributed by atoms with E-state index in [0.717, 1.165) is 30.7 Å². The van der Waals surface area contributed by atoms with Gasteiger partial charge in [-0.1, -0.05) is 49.4 Å². The third-order valence-electron chi connectivity index (χ3n) is 4.54. The van der Waals surface area contributed by atoms with Crippen LogP contribution in [0.25, 0.3) is 10.9 Å². The van der Waals surface area contributed by atoms with Gasteiger partial charge in [-0.2, -0.15) is 0 Å². The molecule has 0 spiro atoms. The summed E-state index contributed by atoms with van der Waals surface area (Å²) in [6.07, 6.45) is 1.93. The van der Waals surface area contributed by atoms with Gasteiger partial charge >= 0.3 is 0 Å². The summed E-state index contributed by atoms with van der Waals surface area (Å²) in [6.45, 7) is 5.91. The van der Waals surface area contributed by atoms with Crippen LogP contribution in [0.2, 0.25) is 0 Å². The van der Waals surface area contributed by atoms with Crippen LogP contribution in [0, 0.1) is 0 Å². The Labute approximate surface area is 148 Å². The number of nitrogens with two attached hydrogens (primary N) is 1. The summed E-state index contributed by atoms with van der Waals surface area (Å²) < 4.78 is 1.85. The van der Waals surface area contributed by atoms with Crippen molar-refractivity contribution in [3.05, 3.63) is 76.3 Å². The monoisotopic (exact) mass is 336 g/mol. The van der Waals surface area contributed by atoms with Crippen LogP contribution in [0.15, 0.2) is 59.4 Å². The van der Waals surface area contributed by atoms with Crippen molar-refractivity contribution in [2.75, 3.05) is 6.54 Å². The second-order valence-corrected chi connectivity index (χ2v) is 6.49. The molecular weight excluding hydrogens is 310 g/mol. The predicted molar refractivity (Wildman–Crippen MR) is 102 cm³/mol. The van der Waals surface area contributed by atoms with Crippen LogP contribution < -0.4 is 10.9 Å². The molecule has 0 aliphatic heterocycles. The molecule has 1 aromatic heterocycles. The molecule has 0 bridgehead atoms. The van der Waals surface area contributed by atoms with Crippen LogP contribution in [0.1, 0.15) is 37.7 Å². The first-order chi connectivity index (χ1) is 12.2. The van der Waals surface area contributed by atoms with Gasteiger partial charge in [0.2, 0.25) is 0 Å². The Bertz CT molecular complexity index is 887. The SMILES string of the molecule is CCCn1c([C@@H](C)[NH2+]CCc2ccccc2)nc2ccccc2c1=O. The number of hydrogen-bond donors (Lipinski definition) is 1. The van der Waals surface area contributed by atoms with E-state index in [1.807, 2.05) is 34.9 Å². The lowest BCUT2D eigenvalue weighted by Gasteiger charge is -2.17. The average molecular weight is 336 g/mol. The lowest BCUT2D eigenvalue weighted by Crippen LogP contribution is -2.85. The summed E-state index contributed by atoms with van der Waals surface area (Å²) in [7, 11) is 0. The van der Waals surface area contributed by atoms with Crippen molar-refractivity contribution >= 4 is 10.9 Å². The second kappa shape index (κ2) is 8.08. The van der Waals surface area contributed by atoms with E-state index in [9.17, 15) is 4.79 Å². The molecule has 3 aromatic rings. The molecule has 1 atom stereocenters. The molecule has 0 saturated heterocycles. The van der Waals surface area contributed by atoms with Gasteiger partial charge in [-0.05, 0) is 31.0 Å². The lowest BCUT2D eigenvalue weighted by atomic mass is 10.1. The molecule has 4 heteroatoms. The minimum Gasteiger partial charge on any atom is -0.337 e. The molecule has 0 saturated carbocycles. The van der Waals surface area contributed by atoms with Crippen LogP contribution in [-0.4, -0.2) is 16.1 Å². The molecule has 0 unspecified atom stereocenters. The van der Waals surface area contributed by atoms with Gasteiger partial charge in [0.15, 0.2) is 5.82 Å². The maximum Gasteiger partial charge on any atom is 0.261 e. The first-order valence-electron chi connectivity index (χ1n) is 9.07. The van der Waals surface area contributed by atoms with E-state index in [0.29, 0.717) is 11.9 Å². The quantitative estimate of drug-likeness (QED) is 0.721. The van der Waals surface area contributed by atoms with Crippen LogP contribution in [-0.2, 0) is 13.0 Å². The number of benzene rings is 2. The van der Waals surface area contributed by atoms with Crippen LogP contribution in [0.5, 0.6) is 0 Å². The Morgan fingerprint density at radius 3 is 2.56 bits per heavy atom. The number of nitrogens with zero attached hydrogens (tertiary/aromatic N) is 2. The normalized spacial score (nSPS) is 12.4. The fraction of sp³-hybridized carbons (Fsp3) is 0.333. The molecule has 0 amide bonds. The molecule has 25 heavy (non-hydrogen) atoms. The average Bonchev–Trinajstić information content (AvgIpc) is 2.65. The van der Waals surface area contributed by atoms with Gasteiger partial charge in [0.1, 0.15) is 6.04 Å². The first kappa shape index (κ1) is 17.4.